The maximum absolute atomic E-state index is 9.37. The molecule has 0 aliphatic heterocycles. The third-order valence-electron chi connectivity index (χ3n) is 2.82. The smallest absolute Gasteiger partial charge is 0.0610 e. The van der Waals surface area contributed by atoms with E-state index in [0.29, 0.717) is 5.25 Å². The summed E-state index contributed by atoms with van der Waals surface area (Å²) in [5, 5.41) is 13.0. The van der Waals surface area contributed by atoms with Crippen LogP contribution in [0.4, 0.5) is 0 Å². The molecule has 0 radical (unpaired) electrons. The predicted octanol–water partition coefficient (Wildman–Crippen LogP) is 3.29. The van der Waals surface area contributed by atoms with E-state index < -0.39 is 0 Å². The Labute approximate surface area is 116 Å². The Morgan fingerprint density at radius 3 is 2.76 bits per heavy atom. The summed E-state index contributed by atoms with van der Waals surface area (Å²) in [5.41, 5.74) is -0.196. The van der Waals surface area contributed by atoms with E-state index in [0.717, 1.165) is 10.9 Å². The van der Waals surface area contributed by atoms with E-state index in [2.05, 4.69) is 40.3 Å². The second-order valence-corrected chi connectivity index (χ2v) is 6.99. The first-order valence-electron chi connectivity index (χ1n) is 5.71. The lowest BCUT2D eigenvalue weighted by Crippen LogP contribution is -2.45. The van der Waals surface area contributed by atoms with Gasteiger partial charge in [-0.15, -0.1) is 11.8 Å². The van der Waals surface area contributed by atoms with Gasteiger partial charge in [0.2, 0.25) is 0 Å². The molecule has 1 aromatic rings. The molecule has 0 amide bonds. The van der Waals surface area contributed by atoms with Crippen molar-refractivity contribution >= 4 is 27.7 Å². The first-order chi connectivity index (χ1) is 7.99. The Kier molecular flexibility index (Phi) is 6.00. The van der Waals surface area contributed by atoms with Gasteiger partial charge >= 0.3 is 0 Å². The van der Waals surface area contributed by atoms with Gasteiger partial charge in [0, 0.05) is 20.2 Å². The van der Waals surface area contributed by atoms with E-state index in [1.165, 1.54) is 4.90 Å². The highest BCUT2D eigenvalue weighted by molar-refractivity contribution is 9.10. The van der Waals surface area contributed by atoms with Crippen LogP contribution in [-0.4, -0.2) is 29.5 Å². The van der Waals surface area contributed by atoms with Crippen molar-refractivity contribution in [1.82, 2.24) is 5.32 Å². The minimum Gasteiger partial charge on any atom is -0.394 e. The van der Waals surface area contributed by atoms with Crippen molar-refractivity contribution in [3.05, 3.63) is 28.7 Å². The van der Waals surface area contributed by atoms with E-state index in [4.69, 9.17) is 0 Å². The lowest BCUT2D eigenvalue weighted by molar-refractivity contribution is 0.174. The van der Waals surface area contributed by atoms with Crippen molar-refractivity contribution in [3.8, 4) is 0 Å². The van der Waals surface area contributed by atoms with Gasteiger partial charge in [0.25, 0.3) is 0 Å². The molecule has 0 aliphatic rings. The van der Waals surface area contributed by atoms with Crippen molar-refractivity contribution in [1.29, 1.82) is 0 Å². The van der Waals surface area contributed by atoms with Gasteiger partial charge in [-0.25, -0.2) is 0 Å². The van der Waals surface area contributed by atoms with Gasteiger partial charge in [0.15, 0.2) is 0 Å². The van der Waals surface area contributed by atoms with E-state index >= 15 is 0 Å². The molecular weight excluding hydrogens is 298 g/mol. The van der Waals surface area contributed by atoms with Gasteiger partial charge in [0.1, 0.15) is 0 Å². The average molecular weight is 318 g/mol. The lowest BCUT2D eigenvalue weighted by atomic mass is 9.97. The first-order valence-corrected chi connectivity index (χ1v) is 7.38. The second kappa shape index (κ2) is 6.78. The summed E-state index contributed by atoms with van der Waals surface area (Å²) in [5.74, 6) is 0. The van der Waals surface area contributed by atoms with Gasteiger partial charge in [-0.05, 0) is 38.6 Å². The number of hydrogen-bond donors (Lipinski definition) is 2. The molecule has 0 fully saturated rings. The molecule has 2 unspecified atom stereocenters. The van der Waals surface area contributed by atoms with Crippen LogP contribution in [-0.2, 0) is 0 Å². The monoisotopic (exact) mass is 317 g/mol. The van der Waals surface area contributed by atoms with Crippen LogP contribution < -0.4 is 5.32 Å². The zero-order chi connectivity index (χ0) is 12.9. The highest BCUT2D eigenvalue weighted by Crippen LogP contribution is 2.30. The summed E-state index contributed by atoms with van der Waals surface area (Å²) in [7, 11) is 1.90. The maximum Gasteiger partial charge on any atom is 0.0610 e. The highest BCUT2D eigenvalue weighted by Gasteiger charge is 2.24. The number of aliphatic hydroxyl groups excluding tert-OH is 1. The minimum absolute atomic E-state index is 0.160. The number of benzene rings is 1. The van der Waals surface area contributed by atoms with Crippen LogP contribution in [0.2, 0.25) is 0 Å². The third kappa shape index (κ3) is 5.00. The highest BCUT2D eigenvalue weighted by atomic mass is 79.9. The van der Waals surface area contributed by atoms with Crippen molar-refractivity contribution < 1.29 is 5.11 Å². The fourth-order valence-electron chi connectivity index (χ4n) is 1.69. The lowest BCUT2D eigenvalue weighted by Gasteiger charge is -2.29. The zero-order valence-electron chi connectivity index (χ0n) is 10.5. The molecule has 17 heavy (non-hydrogen) atoms. The van der Waals surface area contributed by atoms with Crippen molar-refractivity contribution in [2.24, 2.45) is 0 Å². The number of rotatable bonds is 6. The number of aliphatic hydroxyl groups is 1. The van der Waals surface area contributed by atoms with E-state index in [1.807, 2.05) is 37.9 Å². The molecule has 0 aliphatic carbocycles. The largest absolute Gasteiger partial charge is 0.394 e. The van der Waals surface area contributed by atoms with Crippen LogP contribution in [0, 0.1) is 0 Å². The molecule has 1 aromatic carbocycles. The topological polar surface area (TPSA) is 32.3 Å². The van der Waals surface area contributed by atoms with Crippen molar-refractivity contribution in [2.45, 2.75) is 36.0 Å². The van der Waals surface area contributed by atoms with Gasteiger partial charge in [-0.1, -0.05) is 28.9 Å². The van der Waals surface area contributed by atoms with Crippen molar-refractivity contribution in [3.63, 3.8) is 0 Å². The predicted molar refractivity (Wildman–Crippen MR) is 78.6 cm³/mol. The van der Waals surface area contributed by atoms with Crippen LogP contribution in [0.1, 0.15) is 20.3 Å². The summed E-state index contributed by atoms with van der Waals surface area (Å²) in [6.45, 7) is 4.40. The SMILES string of the molecule is CNC(C)(CO)CC(C)Sc1cccc(Br)c1. The van der Waals surface area contributed by atoms with Crippen LogP contribution in [0.25, 0.3) is 0 Å². The molecule has 0 aromatic heterocycles. The quantitative estimate of drug-likeness (QED) is 0.790. The van der Waals surface area contributed by atoms with E-state index in [1.54, 1.807) is 0 Å². The van der Waals surface area contributed by atoms with Crippen LogP contribution in [0.15, 0.2) is 33.6 Å². The Balaban J connectivity index is 2.58. The normalized spacial score (nSPS) is 16.5. The zero-order valence-corrected chi connectivity index (χ0v) is 12.9. The summed E-state index contributed by atoms with van der Waals surface area (Å²) in [6.07, 6.45) is 0.928. The summed E-state index contributed by atoms with van der Waals surface area (Å²) in [4.78, 5) is 1.25. The number of halogens is 1. The minimum atomic E-state index is -0.196. The Bertz CT molecular complexity index is 355. The summed E-state index contributed by atoms with van der Waals surface area (Å²) in [6, 6.07) is 8.31. The van der Waals surface area contributed by atoms with E-state index in [9.17, 15) is 5.11 Å². The summed E-state index contributed by atoms with van der Waals surface area (Å²) < 4.78 is 1.10. The Morgan fingerprint density at radius 1 is 1.53 bits per heavy atom. The fourth-order valence-corrected chi connectivity index (χ4v) is 3.51. The molecule has 1 rings (SSSR count). The average Bonchev–Trinajstić information content (AvgIpc) is 2.28. The number of hydrogen-bond acceptors (Lipinski definition) is 3. The van der Waals surface area contributed by atoms with Crippen molar-refractivity contribution in [2.75, 3.05) is 13.7 Å². The Hall–Kier alpha value is -0.0300. The van der Waals surface area contributed by atoms with Crippen LogP contribution in [0.5, 0.6) is 0 Å². The maximum atomic E-state index is 9.37. The second-order valence-electron chi connectivity index (χ2n) is 4.56. The fraction of sp³-hybridized carbons (Fsp3) is 0.538. The van der Waals surface area contributed by atoms with Gasteiger partial charge in [-0.2, -0.15) is 0 Å². The molecule has 2 atom stereocenters. The molecule has 0 spiro atoms. The van der Waals surface area contributed by atoms with Crippen LogP contribution in [0.3, 0.4) is 0 Å². The van der Waals surface area contributed by atoms with Crippen LogP contribution >= 0.6 is 27.7 Å². The molecule has 4 heteroatoms. The number of nitrogens with one attached hydrogen (secondary N) is 1. The molecule has 2 nitrogen and oxygen atoms in total. The van der Waals surface area contributed by atoms with E-state index in [-0.39, 0.29) is 12.1 Å². The number of thioether (sulfide) groups is 1. The first kappa shape index (κ1) is 15.0. The van der Waals surface area contributed by atoms with Gasteiger partial charge in [0.05, 0.1) is 6.61 Å². The molecule has 0 bridgehead atoms. The molecular formula is C13H20BrNOS. The molecule has 0 saturated heterocycles. The molecule has 0 saturated carbocycles. The molecule has 2 N–H and O–H groups in total. The summed E-state index contributed by atoms with van der Waals surface area (Å²) >= 11 is 5.31. The number of likely N-dealkylation sites (N-methyl/N-ethyl adjacent to an activating group) is 1. The van der Waals surface area contributed by atoms with Gasteiger partial charge in [-0.3, -0.25) is 0 Å². The third-order valence-corrected chi connectivity index (χ3v) is 4.41. The Morgan fingerprint density at radius 2 is 2.24 bits per heavy atom. The standard InChI is InChI=1S/C13H20BrNOS/c1-10(8-13(2,9-16)15-3)17-12-6-4-5-11(14)7-12/h4-7,10,15-16H,8-9H2,1-3H3. The van der Waals surface area contributed by atoms with Gasteiger partial charge < -0.3 is 10.4 Å². The molecule has 96 valence electrons. The molecule has 0 heterocycles.